The molecular weight excluding hydrogens is 338 g/mol. The molecule has 0 bridgehead atoms. The molecule has 7 nitrogen and oxygen atoms in total. The number of carbonyl (C=O) groups is 2. The molecule has 1 saturated carbocycles. The molecule has 0 aromatic rings. The van der Waals surface area contributed by atoms with Crippen LogP contribution in [0, 0.1) is 5.41 Å². The Kier molecular flexibility index (Phi) is 6.55. The highest BCUT2D eigenvalue weighted by Crippen LogP contribution is 2.47. The summed E-state index contributed by atoms with van der Waals surface area (Å²) in [5.74, 6) is -0.724. The number of nitrogens with zero attached hydrogens (tertiary/aromatic N) is 1. The van der Waals surface area contributed by atoms with Gasteiger partial charge >= 0.3 is 12.1 Å². The molecule has 0 aromatic carbocycles. The van der Waals surface area contributed by atoms with Crippen LogP contribution in [0.15, 0.2) is 0 Å². The van der Waals surface area contributed by atoms with Gasteiger partial charge in [-0.2, -0.15) is 0 Å². The molecule has 26 heavy (non-hydrogen) atoms. The van der Waals surface area contributed by atoms with E-state index in [-0.39, 0.29) is 12.1 Å². The summed E-state index contributed by atoms with van der Waals surface area (Å²) in [6.45, 7) is 9.31. The summed E-state index contributed by atoms with van der Waals surface area (Å²) < 4.78 is 22.3. The highest BCUT2D eigenvalue weighted by Gasteiger charge is 2.50. The monoisotopic (exact) mass is 371 g/mol. The van der Waals surface area contributed by atoms with Gasteiger partial charge in [0.15, 0.2) is 5.79 Å². The van der Waals surface area contributed by atoms with E-state index >= 15 is 0 Å². The minimum atomic E-state index is -0.604. The van der Waals surface area contributed by atoms with Gasteiger partial charge in [0, 0.05) is 26.4 Å². The van der Waals surface area contributed by atoms with Gasteiger partial charge in [0.2, 0.25) is 0 Å². The molecule has 1 aliphatic heterocycles. The van der Waals surface area contributed by atoms with Gasteiger partial charge in [-0.15, -0.1) is 0 Å². The maximum Gasteiger partial charge on any atom is 0.410 e. The summed E-state index contributed by atoms with van der Waals surface area (Å²) in [6, 6.07) is 0. The van der Waals surface area contributed by atoms with Gasteiger partial charge in [0.25, 0.3) is 0 Å². The fourth-order valence-electron chi connectivity index (χ4n) is 3.55. The van der Waals surface area contributed by atoms with E-state index in [1.807, 2.05) is 27.7 Å². The Morgan fingerprint density at radius 3 is 2.15 bits per heavy atom. The van der Waals surface area contributed by atoms with Crippen molar-refractivity contribution < 1.29 is 28.5 Å². The zero-order valence-electron chi connectivity index (χ0n) is 16.8. The normalized spacial score (nSPS) is 21.4. The number of carbonyl (C=O) groups excluding carboxylic acids is 2. The van der Waals surface area contributed by atoms with Crippen molar-refractivity contribution in [2.75, 3.05) is 33.4 Å². The molecule has 2 aliphatic rings. The second-order valence-corrected chi connectivity index (χ2v) is 8.26. The van der Waals surface area contributed by atoms with Crippen molar-refractivity contribution in [1.82, 2.24) is 4.90 Å². The zero-order valence-corrected chi connectivity index (χ0v) is 16.8. The molecule has 0 radical (unpaired) electrons. The Labute approximate surface area is 156 Å². The van der Waals surface area contributed by atoms with Crippen molar-refractivity contribution in [3.05, 3.63) is 0 Å². The van der Waals surface area contributed by atoms with E-state index in [1.54, 1.807) is 7.05 Å². The summed E-state index contributed by atoms with van der Waals surface area (Å²) in [5, 5.41) is 0. The van der Waals surface area contributed by atoms with E-state index < -0.39 is 16.8 Å². The summed E-state index contributed by atoms with van der Waals surface area (Å²) in [5.41, 5.74) is -1.15. The standard InChI is InChI=1S/C19H33NO6/c1-6-23-15(21)18(7-9-19(10-8-18)24-13-14-25-19)11-12-20(5)16(22)26-17(2,3)4/h6-14H2,1-5H3. The first-order valence-electron chi connectivity index (χ1n) is 9.51. The Hall–Kier alpha value is -1.34. The summed E-state index contributed by atoms with van der Waals surface area (Å²) >= 11 is 0. The fraction of sp³-hybridized carbons (Fsp3) is 0.895. The number of hydrogen-bond acceptors (Lipinski definition) is 6. The van der Waals surface area contributed by atoms with Crippen LogP contribution < -0.4 is 0 Å². The van der Waals surface area contributed by atoms with Gasteiger partial charge in [-0.3, -0.25) is 4.79 Å². The van der Waals surface area contributed by atoms with Crippen molar-refractivity contribution in [2.45, 2.75) is 71.2 Å². The average Bonchev–Trinajstić information content (AvgIpc) is 3.01. The van der Waals surface area contributed by atoms with E-state index in [9.17, 15) is 9.59 Å². The van der Waals surface area contributed by atoms with Crippen LogP contribution in [-0.4, -0.2) is 61.8 Å². The summed E-state index contributed by atoms with van der Waals surface area (Å²) in [4.78, 5) is 26.4. The number of ether oxygens (including phenoxy) is 4. The van der Waals surface area contributed by atoms with E-state index in [1.165, 1.54) is 4.90 Å². The van der Waals surface area contributed by atoms with Crippen molar-refractivity contribution >= 4 is 12.1 Å². The first-order chi connectivity index (χ1) is 12.1. The second-order valence-electron chi connectivity index (χ2n) is 8.26. The molecule has 7 heteroatoms. The topological polar surface area (TPSA) is 74.3 Å². The lowest BCUT2D eigenvalue weighted by Crippen LogP contribution is -2.46. The van der Waals surface area contributed by atoms with E-state index in [4.69, 9.17) is 18.9 Å². The first-order valence-corrected chi connectivity index (χ1v) is 9.51. The van der Waals surface area contributed by atoms with Crippen molar-refractivity contribution in [1.29, 1.82) is 0 Å². The molecule has 2 rings (SSSR count). The molecule has 1 spiro atoms. The Morgan fingerprint density at radius 1 is 1.08 bits per heavy atom. The third kappa shape index (κ3) is 5.10. The molecule has 0 unspecified atom stereocenters. The highest BCUT2D eigenvalue weighted by molar-refractivity contribution is 5.77. The van der Waals surface area contributed by atoms with Crippen LogP contribution in [0.1, 0.15) is 59.8 Å². The van der Waals surface area contributed by atoms with Crippen molar-refractivity contribution in [3.63, 3.8) is 0 Å². The maximum absolute atomic E-state index is 12.7. The third-order valence-electron chi connectivity index (χ3n) is 5.12. The molecule has 1 heterocycles. The molecule has 0 aromatic heterocycles. The van der Waals surface area contributed by atoms with Crippen LogP contribution in [0.5, 0.6) is 0 Å². The minimum Gasteiger partial charge on any atom is -0.466 e. The van der Waals surface area contributed by atoms with Crippen molar-refractivity contribution in [2.24, 2.45) is 5.41 Å². The molecule has 150 valence electrons. The first kappa shape index (κ1) is 21.0. The van der Waals surface area contributed by atoms with Gasteiger partial charge in [-0.1, -0.05) is 0 Å². The summed E-state index contributed by atoms with van der Waals surface area (Å²) in [7, 11) is 1.69. The Balaban J connectivity index is 1.99. The van der Waals surface area contributed by atoms with Crippen LogP contribution in [0.3, 0.4) is 0 Å². The molecule has 0 atom stereocenters. The van der Waals surface area contributed by atoms with Crippen LogP contribution in [0.2, 0.25) is 0 Å². The lowest BCUT2D eigenvalue weighted by Gasteiger charge is -2.42. The third-order valence-corrected chi connectivity index (χ3v) is 5.12. The number of esters is 1. The Bertz CT molecular complexity index is 497. The largest absolute Gasteiger partial charge is 0.466 e. The van der Waals surface area contributed by atoms with Gasteiger partial charge in [0.1, 0.15) is 5.60 Å². The quantitative estimate of drug-likeness (QED) is 0.691. The number of rotatable bonds is 5. The molecular formula is C19H33NO6. The van der Waals surface area contributed by atoms with Gasteiger partial charge in [-0.25, -0.2) is 4.79 Å². The fourth-order valence-corrected chi connectivity index (χ4v) is 3.55. The highest BCUT2D eigenvalue weighted by atomic mass is 16.7. The predicted molar refractivity (Wildman–Crippen MR) is 95.7 cm³/mol. The average molecular weight is 371 g/mol. The van der Waals surface area contributed by atoms with Crippen LogP contribution in [0.4, 0.5) is 4.79 Å². The maximum atomic E-state index is 12.7. The molecule has 1 amide bonds. The smallest absolute Gasteiger partial charge is 0.410 e. The molecule has 1 saturated heterocycles. The van der Waals surface area contributed by atoms with Gasteiger partial charge in [-0.05, 0) is 47.0 Å². The van der Waals surface area contributed by atoms with Gasteiger partial charge < -0.3 is 23.8 Å². The Morgan fingerprint density at radius 2 is 1.65 bits per heavy atom. The van der Waals surface area contributed by atoms with E-state index in [0.29, 0.717) is 58.5 Å². The lowest BCUT2D eigenvalue weighted by molar-refractivity contribution is -0.200. The zero-order chi connectivity index (χ0) is 19.4. The van der Waals surface area contributed by atoms with Crippen LogP contribution >= 0.6 is 0 Å². The minimum absolute atomic E-state index is 0.189. The van der Waals surface area contributed by atoms with E-state index in [0.717, 1.165) is 0 Å². The molecule has 1 aliphatic carbocycles. The number of amides is 1. The molecule has 0 N–H and O–H groups in total. The van der Waals surface area contributed by atoms with Gasteiger partial charge in [0.05, 0.1) is 25.2 Å². The second kappa shape index (κ2) is 8.13. The van der Waals surface area contributed by atoms with Crippen LogP contribution in [0.25, 0.3) is 0 Å². The molecule has 2 fully saturated rings. The van der Waals surface area contributed by atoms with Crippen molar-refractivity contribution in [3.8, 4) is 0 Å². The predicted octanol–water partition coefficient (Wildman–Crippen LogP) is 3.11. The number of hydrogen-bond donors (Lipinski definition) is 0. The van der Waals surface area contributed by atoms with Crippen LogP contribution in [-0.2, 0) is 23.7 Å². The lowest BCUT2D eigenvalue weighted by atomic mass is 9.69. The summed E-state index contributed by atoms with van der Waals surface area (Å²) in [6.07, 6.45) is 2.76. The van der Waals surface area contributed by atoms with E-state index in [2.05, 4.69) is 0 Å². The SMILES string of the molecule is CCOC(=O)C1(CCN(C)C(=O)OC(C)(C)C)CCC2(CC1)OCCO2.